The first-order chi connectivity index (χ1) is 34.0. The summed E-state index contributed by atoms with van der Waals surface area (Å²) >= 11 is 14.4. The number of aliphatic hydroxyl groups is 1. The number of halogens is 2. The molecule has 71 heavy (non-hydrogen) atoms. The Labute approximate surface area is 427 Å². The molecule has 6 aromatic rings. The van der Waals surface area contributed by atoms with Crippen molar-refractivity contribution in [2.24, 2.45) is 11.3 Å². The van der Waals surface area contributed by atoms with Gasteiger partial charge in [0.25, 0.3) is 0 Å². The van der Waals surface area contributed by atoms with Crippen molar-refractivity contribution < 1.29 is 29.0 Å². The molecule has 0 unspecified atom stereocenters. The molecule has 0 aliphatic carbocycles. The molecule has 22 heteroatoms. The van der Waals surface area contributed by atoms with E-state index >= 15 is 0 Å². The van der Waals surface area contributed by atoms with Gasteiger partial charge >= 0.3 is 6.03 Å². The van der Waals surface area contributed by atoms with E-state index in [9.17, 15) is 19.5 Å². The predicted molar refractivity (Wildman–Crippen MR) is 274 cm³/mol. The van der Waals surface area contributed by atoms with Gasteiger partial charge in [-0.05, 0) is 62.8 Å². The number of thiazole rings is 1. The summed E-state index contributed by atoms with van der Waals surface area (Å²) in [5.41, 5.74) is 6.10. The lowest BCUT2D eigenvalue weighted by atomic mass is 9.76. The molecule has 1 saturated heterocycles. The number of unbranched alkanes of at least 4 members (excludes halogenated alkanes) is 4. The van der Waals surface area contributed by atoms with Gasteiger partial charge in [0, 0.05) is 38.6 Å². The molecule has 0 radical (unpaired) electrons. The smallest absolute Gasteiger partial charge is 0.323 e. The van der Waals surface area contributed by atoms with Gasteiger partial charge in [0.1, 0.15) is 18.3 Å². The van der Waals surface area contributed by atoms with Crippen LogP contribution < -0.4 is 26.0 Å². The van der Waals surface area contributed by atoms with Crippen molar-refractivity contribution in [2.75, 3.05) is 44.0 Å². The number of likely N-dealkylation sites (tertiary alicyclic amines) is 1. The second-order valence-corrected chi connectivity index (χ2v) is 20.5. The normalized spacial score (nSPS) is 16.2. The molecule has 0 saturated carbocycles. The highest BCUT2D eigenvalue weighted by atomic mass is 35.5. The Morgan fingerprint density at radius 3 is 2.38 bits per heavy atom. The van der Waals surface area contributed by atoms with Crippen LogP contribution in [0, 0.1) is 18.3 Å². The average molecular weight is 1030 g/mol. The molecule has 5 atom stereocenters. The van der Waals surface area contributed by atoms with Crippen molar-refractivity contribution in [1.82, 2.24) is 55.1 Å². The van der Waals surface area contributed by atoms with Crippen molar-refractivity contribution in [3.05, 3.63) is 87.6 Å². The second kappa shape index (κ2) is 24.1. The van der Waals surface area contributed by atoms with E-state index in [2.05, 4.69) is 72.3 Å². The number of β-amino-alcohol motifs (C(OH)–C–C–N with tert-alkyl or cyclic N) is 1. The SMILES string of the molecule is CO[C@@H](C)c1c(NC(=O)Nc2cc(Cl)c(-n3nccn3)nc2OCCNCCCCCCC[C@H](C(=O)N2C[C@H](O)C[C@H]2C(=O)N[C@@H](C)c2ccc(-c3scnc3C)cc2)C(C)(C)C)cnc2cc(Cl)nn12. The third-order valence-corrected chi connectivity index (χ3v) is 14.0. The second-order valence-electron chi connectivity index (χ2n) is 18.8. The van der Waals surface area contributed by atoms with E-state index < -0.39 is 24.3 Å². The number of aliphatic hydroxyl groups excluding tert-OH is 1. The predicted octanol–water partition coefficient (Wildman–Crippen LogP) is 8.61. The van der Waals surface area contributed by atoms with E-state index in [0.29, 0.717) is 30.0 Å². The number of amides is 4. The van der Waals surface area contributed by atoms with Crippen LogP contribution in [0.2, 0.25) is 10.2 Å². The third-order valence-electron chi connectivity index (χ3n) is 12.6. The minimum Gasteiger partial charge on any atom is -0.475 e. The molecule has 1 fully saturated rings. The Morgan fingerprint density at radius 1 is 0.958 bits per heavy atom. The molecular weight excluding hydrogens is 970 g/mol. The highest BCUT2D eigenvalue weighted by Crippen LogP contribution is 2.36. The van der Waals surface area contributed by atoms with Crippen molar-refractivity contribution in [2.45, 2.75) is 111 Å². The number of pyridine rings is 1. The molecule has 5 aromatic heterocycles. The van der Waals surface area contributed by atoms with E-state index in [4.69, 9.17) is 32.7 Å². The quantitative estimate of drug-likeness (QED) is 0.0402. The van der Waals surface area contributed by atoms with Crippen LogP contribution in [0.15, 0.2) is 60.5 Å². The first-order valence-electron chi connectivity index (χ1n) is 23.9. The zero-order valence-corrected chi connectivity index (χ0v) is 43.4. The van der Waals surface area contributed by atoms with E-state index in [-0.39, 0.29) is 76.3 Å². The van der Waals surface area contributed by atoms with Crippen molar-refractivity contribution in [3.63, 3.8) is 0 Å². The number of anilines is 2. The molecule has 6 heterocycles. The maximum Gasteiger partial charge on any atom is 0.323 e. The lowest BCUT2D eigenvalue weighted by Crippen LogP contribution is -2.50. The summed E-state index contributed by atoms with van der Waals surface area (Å²) in [6, 6.07) is 9.58. The Balaban J connectivity index is 0.852. The molecule has 7 rings (SSSR count). The fourth-order valence-electron chi connectivity index (χ4n) is 8.73. The number of aryl methyl sites for hydroxylation is 1. The molecule has 1 aliphatic heterocycles. The summed E-state index contributed by atoms with van der Waals surface area (Å²) < 4.78 is 13.2. The summed E-state index contributed by atoms with van der Waals surface area (Å²) in [7, 11) is 1.54. The number of aromatic nitrogens is 8. The van der Waals surface area contributed by atoms with Gasteiger partial charge < -0.3 is 40.7 Å². The number of hydrogen-bond acceptors (Lipinski definition) is 14. The molecule has 4 amide bonds. The number of rotatable bonds is 22. The highest BCUT2D eigenvalue weighted by molar-refractivity contribution is 7.13. The molecule has 5 N–H and O–H groups in total. The Kier molecular flexibility index (Phi) is 18.0. The van der Waals surface area contributed by atoms with E-state index in [1.165, 1.54) is 34.0 Å². The number of hydrogen-bond donors (Lipinski definition) is 5. The van der Waals surface area contributed by atoms with Gasteiger partial charge in [0.2, 0.25) is 17.7 Å². The third kappa shape index (κ3) is 13.4. The summed E-state index contributed by atoms with van der Waals surface area (Å²) in [5.74, 6) is -0.303. The van der Waals surface area contributed by atoms with Crippen molar-refractivity contribution >= 4 is 69.4 Å². The van der Waals surface area contributed by atoms with Gasteiger partial charge in [0.15, 0.2) is 16.6 Å². The Morgan fingerprint density at radius 2 is 1.68 bits per heavy atom. The minimum atomic E-state index is -0.761. The molecule has 1 aromatic carbocycles. The number of carbonyl (C=O) groups is 3. The first kappa shape index (κ1) is 53.0. The molecule has 1 aliphatic rings. The van der Waals surface area contributed by atoms with E-state index in [1.54, 1.807) is 29.4 Å². The number of carbonyl (C=O) groups excluding carboxylic acids is 3. The standard InChI is InChI=1S/C49H63Cl2N13O6S/c1-29(32-14-16-33(17-15-32)43-30(2)54-28-71-43)57-45(66)39-23-34(65)27-62(39)47(67)35(49(4,5)6)13-11-9-8-10-12-18-52-21-22-70-46-37(24-36(50)44(60-46)64-55-19-20-56-64)58-48(68)59-38-26-53-41-25-40(51)61-63(41)42(38)31(3)69-7/h14-17,19-20,24-26,28-29,31,34-35,39,52,65H,8-13,18,21-23,27H2,1-7H3,(H,57,66)(H2,58,59,68)/t29-,31-,34+,35+,39-/m0/s1. The minimum absolute atomic E-state index is 0.0785. The van der Waals surface area contributed by atoms with Gasteiger partial charge in [-0.1, -0.05) is 93.9 Å². The van der Waals surface area contributed by atoms with Crippen LogP contribution in [0.4, 0.5) is 16.2 Å². The van der Waals surface area contributed by atoms with Crippen LogP contribution in [0.25, 0.3) is 21.9 Å². The van der Waals surface area contributed by atoms with Crippen LogP contribution in [0.1, 0.15) is 109 Å². The van der Waals surface area contributed by atoms with Crippen LogP contribution >= 0.6 is 34.5 Å². The number of methoxy groups -OCH3 is 1. The first-order valence-corrected chi connectivity index (χ1v) is 25.5. The van der Waals surface area contributed by atoms with Crippen LogP contribution in [0.3, 0.4) is 0 Å². The van der Waals surface area contributed by atoms with Gasteiger partial charge in [-0.3, -0.25) is 9.59 Å². The summed E-state index contributed by atoms with van der Waals surface area (Å²) in [6.45, 7) is 13.6. The molecule has 19 nitrogen and oxygen atoms in total. The number of fused-ring (bicyclic) bond motifs is 1. The zero-order valence-electron chi connectivity index (χ0n) is 41.1. The van der Waals surface area contributed by atoms with Gasteiger partial charge in [-0.25, -0.2) is 19.3 Å². The zero-order chi connectivity index (χ0) is 50.8. The van der Waals surface area contributed by atoms with E-state index in [0.717, 1.165) is 60.3 Å². The van der Waals surface area contributed by atoms with E-state index in [1.807, 2.05) is 50.5 Å². The monoisotopic (exact) mass is 1030 g/mol. The molecule has 0 spiro atoms. The number of urea groups is 1. The Bertz CT molecular complexity index is 2750. The maximum atomic E-state index is 14.2. The molecule has 380 valence electrons. The average Bonchev–Trinajstić information content (AvgIpc) is 4.17. The highest BCUT2D eigenvalue weighted by Gasteiger charge is 2.44. The fraction of sp³-hybridized carbons (Fsp3) is 0.490. The lowest BCUT2D eigenvalue weighted by Gasteiger charge is -2.35. The summed E-state index contributed by atoms with van der Waals surface area (Å²) in [4.78, 5) is 58.7. The molecule has 0 bridgehead atoms. The maximum absolute atomic E-state index is 14.2. The molecular formula is C49H63Cl2N13O6S. The van der Waals surface area contributed by atoms with Gasteiger partial charge in [-0.2, -0.15) is 20.3 Å². The summed E-state index contributed by atoms with van der Waals surface area (Å²) in [6.07, 6.45) is 8.93. The van der Waals surface area contributed by atoms with Crippen molar-refractivity contribution in [1.29, 1.82) is 0 Å². The number of nitrogens with one attached hydrogen (secondary N) is 4. The number of nitrogens with zero attached hydrogens (tertiary/aromatic N) is 9. The largest absolute Gasteiger partial charge is 0.475 e. The van der Waals surface area contributed by atoms with Gasteiger partial charge in [-0.15, -0.1) is 16.1 Å². The summed E-state index contributed by atoms with van der Waals surface area (Å²) in [5, 5.41) is 35.9. The number of benzene rings is 1. The van der Waals surface area contributed by atoms with Crippen molar-refractivity contribution in [3.8, 4) is 22.1 Å². The number of ether oxygens (including phenoxy) is 2. The van der Waals surface area contributed by atoms with Crippen LogP contribution in [-0.4, -0.2) is 113 Å². The Hall–Kier alpha value is -5.77. The lowest BCUT2D eigenvalue weighted by molar-refractivity contribution is -0.145. The fourth-order valence-corrected chi connectivity index (χ4v) is 9.94. The van der Waals surface area contributed by atoms with Crippen LogP contribution in [-0.2, 0) is 14.3 Å². The van der Waals surface area contributed by atoms with Gasteiger partial charge in [0.05, 0.1) is 69.3 Å². The topological polar surface area (TPSA) is 228 Å². The van der Waals surface area contributed by atoms with Crippen LogP contribution in [0.5, 0.6) is 5.88 Å².